The fourth-order valence-electron chi connectivity index (χ4n) is 2.29. The van der Waals surface area contributed by atoms with Crippen LogP contribution in [0.15, 0.2) is 59.2 Å². The molecule has 0 radical (unpaired) electrons. The maximum absolute atomic E-state index is 5.79. The molecule has 1 aliphatic rings. The third kappa shape index (κ3) is 3.02. The monoisotopic (exact) mass is 251 g/mol. The molecular formula is C17H17NO. The fraction of sp³-hybridized carbons (Fsp3) is 0.235. The molecule has 0 fully saturated rings. The van der Waals surface area contributed by atoms with E-state index in [4.69, 9.17) is 4.42 Å². The topological polar surface area (TPSA) is 26.0 Å². The molecule has 1 heterocycles. The SMILES string of the molecule is C1=CCC(c2cnc(CCCc3ccccc3)o2)=C1. The number of hydrogen-bond donors (Lipinski definition) is 0. The van der Waals surface area contributed by atoms with Crippen molar-refractivity contribution in [3.8, 4) is 0 Å². The van der Waals surface area contributed by atoms with Crippen molar-refractivity contribution in [2.45, 2.75) is 25.7 Å². The molecule has 2 aromatic rings. The Hall–Kier alpha value is -2.09. The number of benzene rings is 1. The number of rotatable bonds is 5. The van der Waals surface area contributed by atoms with Gasteiger partial charge in [-0.1, -0.05) is 48.6 Å². The van der Waals surface area contributed by atoms with Crippen LogP contribution in [0, 0.1) is 0 Å². The minimum atomic E-state index is 0.846. The van der Waals surface area contributed by atoms with Crippen molar-refractivity contribution in [3.05, 3.63) is 72.0 Å². The lowest BCUT2D eigenvalue weighted by Gasteiger charge is -1.99. The number of aryl methyl sites for hydroxylation is 2. The van der Waals surface area contributed by atoms with E-state index >= 15 is 0 Å². The average molecular weight is 251 g/mol. The average Bonchev–Trinajstić information content (AvgIpc) is 3.10. The number of oxazole rings is 1. The van der Waals surface area contributed by atoms with Gasteiger partial charge in [-0.2, -0.15) is 0 Å². The summed E-state index contributed by atoms with van der Waals surface area (Å²) in [6.07, 6.45) is 12.1. The van der Waals surface area contributed by atoms with Gasteiger partial charge in [-0.05, 0) is 24.8 Å². The standard InChI is InChI=1S/C17H17NO/c1-2-7-14(8-3-1)9-6-12-17-18-13-16(19-17)15-10-4-5-11-15/h1-5,7-8,10,13H,6,9,11-12H2. The van der Waals surface area contributed by atoms with Crippen LogP contribution in [0.5, 0.6) is 0 Å². The molecule has 0 bridgehead atoms. The summed E-state index contributed by atoms with van der Waals surface area (Å²) in [6.45, 7) is 0. The molecule has 0 spiro atoms. The number of aromatic nitrogens is 1. The highest BCUT2D eigenvalue weighted by atomic mass is 16.4. The van der Waals surface area contributed by atoms with Gasteiger partial charge in [0.2, 0.25) is 0 Å². The molecular weight excluding hydrogens is 234 g/mol. The van der Waals surface area contributed by atoms with Crippen LogP contribution in [0.1, 0.15) is 30.1 Å². The zero-order valence-electron chi connectivity index (χ0n) is 10.9. The quantitative estimate of drug-likeness (QED) is 0.796. The molecule has 1 aliphatic carbocycles. The fourth-order valence-corrected chi connectivity index (χ4v) is 2.29. The van der Waals surface area contributed by atoms with Gasteiger partial charge < -0.3 is 4.42 Å². The van der Waals surface area contributed by atoms with Gasteiger partial charge in [0.15, 0.2) is 11.7 Å². The summed E-state index contributed by atoms with van der Waals surface area (Å²) in [7, 11) is 0. The molecule has 3 rings (SSSR count). The molecule has 2 heteroatoms. The van der Waals surface area contributed by atoms with E-state index in [2.05, 4.69) is 47.5 Å². The summed E-state index contributed by atoms with van der Waals surface area (Å²) >= 11 is 0. The van der Waals surface area contributed by atoms with E-state index in [0.717, 1.165) is 37.3 Å². The lowest BCUT2D eigenvalue weighted by atomic mass is 10.1. The predicted octanol–water partition coefficient (Wildman–Crippen LogP) is 4.19. The number of nitrogens with zero attached hydrogens (tertiary/aromatic N) is 1. The smallest absolute Gasteiger partial charge is 0.194 e. The van der Waals surface area contributed by atoms with Crippen LogP contribution in [-0.4, -0.2) is 4.98 Å². The van der Waals surface area contributed by atoms with Crippen molar-refractivity contribution in [3.63, 3.8) is 0 Å². The van der Waals surface area contributed by atoms with Gasteiger partial charge in [0.25, 0.3) is 0 Å². The van der Waals surface area contributed by atoms with E-state index in [1.807, 2.05) is 12.3 Å². The Kier molecular flexibility index (Phi) is 3.59. The first-order valence-electron chi connectivity index (χ1n) is 6.76. The molecule has 0 saturated heterocycles. The third-order valence-corrected chi connectivity index (χ3v) is 3.34. The number of hydrogen-bond acceptors (Lipinski definition) is 2. The molecule has 1 aromatic carbocycles. The summed E-state index contributed by atoms with van der Waals surface area (Å²) < 4.78 is 5.79. The largest absolute Gasteiger partial charge is 0.441 e. The number of allylic oxidation sites excluding steroid dienone is 4. The summed E-state index contributed by atoms with van der Waals surface area (Å²) in [5.41, 5.74) is 2.60. The molecule has 96 valence electrons. The molecule has 0 atom stereocenters. The lowest BCUT2D eigenvalue weighted by Crippen LogP contribution is -1.89. The first kappa shape index (κ1) is 12.0. The Morgan fingerprint density at radius 3 is 2.79 bits per heavy atom. The minimum absolute atomic E-state index is 0.846. The van der Waals surface area contributed by atoms with Crippen molar-refractivity contribution in [1.82, 2.24) is 4.98 Å². The molecule has 2 nitrogen and oxygen atoms in total. The Morgan fingerprint density at radius 1 is 1.11 bits per heavy atom. The maximum Gasteiger partial charge on any atom is 0.194 e. The van der Waals surface area contributed by atoms with Gasteiger partial charge >= 0.3 is 0 Å². The van der Waals surface area contributed by atoms with Gasteiger partial charge in [0, 0.05) is 12.0 Å². The van der Waals surface area contributed by atoms with Gasteiger partial charge in [-0.3, -0.25) is 0 Å². The van der Waals surface area contributed by atoms with Crippen LogP contribution in [0.25, 0.3) is 5.57 Å². The third-order valence-electron chi connectivity index (χ3n) is 3.34. The van der Waals surface area contributed by atoms with Gasteiger partial charge in [-0.25, -0.2) is 4.98 Å². The van der Waals surface area contributed by atoms with Crippen LogP contribution in [0.4, 0.5) is 0 Å². The molecule has 0 saturated carbocycles. The van der Waals surface area contributed by atoms with E-state index in [1.54, 1.807) is 0 Å². The zero-order valence-corrected chi connectivity index (χ0v) is 10.9. The van der Waals surface area contributed by atoms with Crippen LogP contribution < -0.4 is 0 Å². The molecule has 0 amide bonds. The van der Waals surface area contributed by atoms with E-state index in [1.165, 1.54) is 11.1 Å². The van der Waals surface area contributed by atoms with Crippen molar-refractivity contribution in [2.75, 3.05) is 0 Å². The molecule has 0 unspecified atom stereocenters. The molecule has 0 aliphatic heterocycles. The second-order valence-electron chi connectivity index (χ2n) is 4.78. The second kappa shape index (κ2) is 5.70. The van der Waals surface area contributed by atoms with Crippen LogP contribution >= 0.6 is 0 Å². The maximum atomic E-state index is 5.79. The predicted molar refractivity (Wildman–Crippen MR) is 76.7 cm³/mol. The molecule has 19 heavy (non-hydrogen) atoms. The zero-order chi connectivity index (χ0) is 12.9. The molecule has 1 aromatic heterocycles. The normalized spacial score (nSPS) is 13.8. The highest BCUT2D eigenvalue weighted by Gasteiger charge is 2.09. The second-order valence-corrected chi connectivity index (χ2v) is 4.78. The first-order valence-corrected chi connectivity index (χ1v) is 6.76. The Morgan fingerprint density at radius 2 is 2.00 bits per heavy atom. The summed E-state index contributed by atoms with van der Waals surface area (Å²) in [4.78, 5) is 4.36. The highest BCUT2D eigenvalue weighted by molar-refractivity contribution is 5.66. The van der Waals surface area contributed by atoms with Crippen molar-refractivity contribution in [1.29, 1.82) is 0 Å². The van der Waals surface area contributed by atoms with Crippen molar-refractivity contribution >= 4 is 5.57 Å². The van der Waals surface area contributed by atoms with E-state index in [9.17, 15) is 0 Å². The van der Waals surface area contributed by atoms with Crippen LogP contribution in [0.2, 0.25) is 0 Å². The van der Waals surface area contributed by atoms with E-state index in [0.29, 0.717) is 0 Å². The van der Waals surface area contributed by atoms with Crippen LogP contribution in [-0.2, 0) is 12.8 Å². The van der Waals surface area contributed by atoms with Crippen molar-refractivity contribution in [2.24, 2.45) is 0 Å². The highest BCUT2D eigenvalue weighted by Crippen LogP contribution is 2.24. The first-order chi connectivity index (χ1) is 9.42. The Labute approximate surface area is 113 Å². The van der Waals surface area contributed by atoms with Gasteiger partial charge in [-0.15, -0.1) is 0 Å². The van der Waals surface area contributed by atoms with Crippen molar-refractivity contribution < 1.29 is 4.42 Å². The van der Waals surface area contributed by atoms with E-state index < -0.39 is 0 Å². The summed E-state index contributed by atoms with van der Waals surface area (Å²) in [6, 6.07) is 10.5. The van der Waals surface area contributed by atoms with Gasteiger partial charge in [0.1, 0.15) is 0 Å². The van der Waals surface area contributed by atoms with E-state index in [-0.39, 0.29) is 0 Å². The molecule has 0 N–H and O–H groups in total. The van der Waals surface area contributed by atoms with Crippen LogP contribution in [0.3, 0.4) is 0 Å². The minimum Gasteiger partial charge on any atom is -0.441 e. The summed E-state index contributed by atoms with van der Waals surface area (Å²) in [5.74, 6) is 1.76. The summed E-state index contributed by atoms with van der Waals surface area (Å²) in [5, 5.41) is 0. The lowest BCUT2D eigenvalue weighted by molar-refractivity contribution is 0.477. The Balaban J connectivity index is 1.53. The Bertz CT molecular complexity index is 593. The van der Waals surface area contributed by atoms with Gasteiger partial charge in [0.05, 0.1) is 6.20 Å².